The number of urea groups is 2. The van der Waals surface area contributed by atoms with E-state index < -0.39 is 5.54 Å². The molecule has 1 spiro atoms. The minimum absolute atomic E-state index is 0.130. The van der Waals surface area contributed by atoms with Gasteiger partial charge >= 0.3 is 12.1 Å². The number of imide groups is 1. The summed E-state index contributed by atoms with van der Waals surface area (Å²) in [6.07, 6.45) is 5.96. The molecule has 2 saturated carbocycles. The van der Waals surface area contributed by atoms with Gasteiger partial charge in [-0.05, 0) is 54.7 Å². The van der Waals surface area contributed by atoms with Gasteiger partial charge in [-0.25, -0.2) is 14.3 Å². The van der Waals surface area contributed by atoms with Crippen LogP contribution >= 0.6 is 0 Å². The first kappa shape index (κ1) is 20.4. The van der Waals surface area contributed by atoms with Crippen molar-refractivity contribution in [3.05, 3.63) is 24.3 Å². The molecule has 2 heterocycles. The highest BCUT2D eigenvalue weighted by Crippen LogP contribution is 2.37. The van der Waals surface area contributed by atoms with Gasteiger partial charge in [0.1, 0.15) is 5.54 Å². The number of anilines is 1. The number of carbonyl (C=O) groups is 3. The first-order valence-corrected chi connectivity index (χ1v) is 11.1. The fourth-order valence-corrected chi connectivity index (χ4v) is 4.50. The molecule has 11 heteroatoms. The van der Waals surface area contributed by atoms with Gasteiger partial charge in [0.25, 0.3) is 5.91 Å². The van der Waals surface area contributed by atoms with E-state index >= 15 is 0 Å². The van der Waals surface area contributed by atoms with Crippen LogP contribution in [-0.2, 0) is 4.79 Å². The van der Waals surface area contributed by atoms with E-state index in [1.165, 1.54) is 4.90 Å². The van der Waals surface area contributed by atoms with E-state index in [0.717, 1.165) is 31.2 Å². The number of nitrogens with one attached hydrogen (secondary N) is 3. The molecule has 5 amide bonds. The Kier molecular flexibility index (Phi) is 5.24. The lowest BCUT2D eigenvalue weighted by Crippen LogP contribution is -2.44. The summed E-state index contributed by atoms with van der Waals surface area (Å²) in [5, 5.41) is 20.4. The smallest absolute Gasteiger partial charge is 0.325 e. The first-order chi connectivity index (χ1) is 15.6. The number of hydrogen-bond acceptors (Lipinski definition) is 6. The number of rotatable bonds is 7. The van der Waals surface area contributed by atoms with E-state index in [9.17, 15) is 14.4 Å². The first-order valence-electron chi connectivity index (χ1n) is 11.1. The molecule has 1 aromatic heterocycles. The molecule has 0 unspecified atom stereocenters. The van der Waals surface area contributed by atoms with E-state index in [1.54, 1.807) is 6.07 Å². The molecule has 3 aliphatic rings. The number of carbonyl (C=O) groups excluding carboxylic acids is 3. The van der Waals surface area contributed by atoms with Crippen LogP contribution in [-0.4, -0.2) is 61.7 Å². The third-order valence-corrected chi connectivity index (χ3v) is 6.31. The molecule has 3 fully saturated rings. The van der Waals surface area contributed by atoms with Gasteiger partial charge in [-0.3, -0.25) is 9.69 Å². The van der Waals surface area contributed by atoms with Crippen molar-refractivity contribution in [1.29, 1.82) is 0 Å². The average molecular weight is 438 g/mol. The molecule has 1 aromatic carbocycles. The summed E-state index contributed by atoms with van der Waals surface area (Å²) in [7, 11) is 0. The van der Waals surface area contributed by atoms with Crippen molar-refractivity contribution in [3.63, 3.8) is 0 Å². The van der Waals surface area contributed by atoms with Gasteiger partial charge < -0.3 is 16.0 Å². The molecule has 32 heavy (non-hydrogen) atoms. The molecule has 2 aromatic rings. The normalized spacial score (nSPS) is 19.4. The highest BCUT2D eigenvalue weighted by molar-refractivity contribution is 6.07. The number of benzene rings is 1. The zero-order valence-electron chi connectivity index (χ0n) is 17.7. The maximum Gasteiger partial charge on any atom is 0.325 e. The van der Waals surface area contributed by atoms with E-state index in [4.69, 9.17) is 0 Å². The molecule has 0 atom stereocenters. The van der Waals surface area contributed by atoms with Crippen LogP contribution in [0.3, 0.4) is 0 Å². The Bertz CT molecular complexity index is 1040. The monoisotopic (exact) mass is 438 g/mol. The average Bonchev–Trinajstić information content (AvgIpc) is 3.22. The van der Waals surface area contributed by atoms with Crippen molar-refractivity contribution in [2.75, 3.05) is 18.4 Å². The highest BCUT2D eigenvalue weighted by Gasteiger charge is 2.51. The lowest BCUT2D eigenvalue weighted by molar-refractivity contribution is -0.131. The summed E-state index contributed by atoms with van der Waals surface area (Å²) in [5.74, 6) is 0.556. The Morgan fingerprint density at radius 3 is 2.81 bits per heavy atom. The minimum Gasteiger partial charge on any atom is -0.338 e. The zero-order valence-corrected chi connectivity index (χ0v) is 17.7. The zero-order chi connectivity index (χ0) is 22.1. The maximum atomic E-state index is 12.6. The standard InChI is InChI=1S/C21H26N8O3/c30-18-21(9-1-2-10-21)24-20(32)28(18)12-4-11-22-19(31)23-15-6-3-5-14(13-15)17-25-26-27-29(17)16-7-8-16/h3,5-6,13,16H,1-2,4,7-12H2,(H,24,32)(H2,22,23,31). The van der Waals surface area contributed by atoms with Crippen LogP contribution in [0.5, 0.6) is 0 Å². The quantitative estimate of drug-likeness (QED) is 0.447. The fraction of sp³-hybridized carbons (Fsp3) is 0.524. The van der Waals surface area contributed by atoms with Crippen molar-refractivity contribution < 1.29 is 14.4 Å². The topological polar surface area (TPSA) is 134 Å². The molecule has 3 N–H and O–H groups in total. The summed E-state index contributed by atoms with van der Waals surface area (Å²) < 4.78 is 1.82. The number of aromatic nitrogens is 4. The van der Waals surface area contributed by atoms with Crippen molar-refractivity contribution in [3.8, 4) is 11.4 Å². The summed E-state index contributed by atoms with van der Waals surface area (Å²) >= 11 is 0. The van der Waals surface area contributed by atoms with Crippen LogP contribution in [0.4, 0.5) is 15.3 Å². The van der Waals surface area contributed by atoms with E-state index in [0.29, 0.717) is 43.4 Å². The third kappa shape index (κ3) is 3.90. The fourth-order valence-electron chi connectivity index (χ4n) is 4.50. The molecule has 1 saturated heterocycles. The SMILES string of the molecule is O=C(NCCCN1C(=O)NC2(CCCC2)C1=O)Nc1cccc(-c2nnnn2C2CC2)c1. The van der Waals surface area contributed by atoms with Gasteiger partial charge in [-0.2, -0.15) is 0 Å². The Hall–Kier alpha value is -3.50. The molecule has 5 rings (SSSR count). The summed E-state index contributed by atoms with van der Waals surface area (Å²) in [6, 6.07) is 7.05. The molecule has 0 bridgehead atoms. The summed E-state index contributed by atoms with van der Waals surface area (Å²) in [5.41, 5.74) is 0.772. The molecule has 11 nitrogen and oxygen atoms in total. The number of hydrogen-bond donors (Lipinski definition) is 3. The molecular formula is C21H26N8O3. The Balaban J connectivity index is 1.11. The second-order valence-corrected chi connectivity index (χ2v) is 8.67. The predicted molar refractivity (Wildman–Crippen MR) is 115 cm³/mol. The van der Waals surface area contributed by atoms with Gasteiger partial charge in [0.05, 0.1) is 6.04 Å². The minimum atomic E-state index is -0.688. The van der Waals surface area contributed by atoms with Crippen molar-refractivity contribution >= 4 is 23.7 Å². The Morgan fingerprint density at radius 1 is 1.22 bits per heavy atom. The van der Waals surface area contributed by atoms with Gasteiger partial charge in [-0.1, -0.05) is 25.0 Å². The van der Waals surface area contributed by atoms with Crippen molar-refractivity contribution in [1.82, 2.24) is 35.7 Å². The Labute approximate surface area is 184 Å². The maximum absolute atomic E-state index is 12.6. The molecule has 2 aliphatic carbocycles. The summed E-state index contributed by atoms with van der Waals surface area (Å²) in [4.78, 5) is 38.4. The summed E-state index contributed by atoms with van der Waals surface area (Å²) in [6.45, 7) is 0.627. The van der Waals surface area contributed by atoms with Crippen LogP contribution in [0.25, 0.3) is 11.4 Å². The largest absolute Gasteiger partial charge is 0.338 e. The van der Waals surface area contributed by atoms with Gasteiger partial charge in [0, 0.05) is 24.3 Å². The van der Waals surface area contributed by atoms with E-state index in [2.05, 4.69) is 31.5 Å². The van der Waals surface area contributed by atoms with Gasteiger partial charge in [0.2, 0.25) is 0 Å². The number of amides is 5. The lowest BCUT2D eigenvalue weighted by Gasteiger charge is -2.20. The van der Waals surface area contributed by atoms with Crippen LogP contribution in [0, 0.1) is 0 Å². The third-order valence-electron chi connectivity index (χ3n) is 6.31. The lowest BCUT2D eigenvalue weighted by atomic mass is 9.98. The van der Waals surface area contributed by atoms with Crippen LogP contribution in [0.1, 0.15) is 51.0 Å². The molecule has 168 valence electrons. The van der Waals surface area contributed by atoms with Crippen molar-refractivity contribution in [2.45, 2.75) is 56.5 Å². The molecular weight excluding hydrogens is 412 g/mol. The van der Waals surface area contributed by atoms with Crippen LogP contribution in [0.15, 0.2) is 24.3 Å². The molecule has 1 aliphatic heterocycles. The second-order valence-electron chi connectivity index (χ2n) is 8.67. The van der Waals surface area contributed by atoms with E-state index in [-0.39, 0.29) is 24.5 Å². The predicted octanol–water partition coefficient (Wildman–Crippen LogP) is 2.05. The van der Waals surface area contributed by atoms with Gasteiger partial charge in [-0.15, -0.1) is 5.10 Å². The second kappa shape index (κ2) is 8.21. The van der Waals surface area contributed by atoms with Gasteiger partial charge in [0.15, 0.2) is 5.82 Å². The van der Waals surface area contributed by atoms with Crippen LogP contribution < -0.4 is 16.0 Å². The van der Waals surface area contributed by atoms with Crippen LogP contribution in [0.2, 0.25) is 0 Å². The highest BCUT2D eigenvalue weighted by atomic mass is 16.2. The molecule has 0 radical (unpaired) electrons. The Morgan fingerprint density at radius 2 is 2.03 bits per heavy atom. The van der Waals surface area contributed by atoms with Crippen molar-refractivity contribution in [2.24, 2.45) is 0 Å². The number of tetrazole rings is 1. The number of nitrogens with zero attached hydrogens (tertiary/aromatic N) is 5. The van der Waals surface area contributed by atoms with E-state index in [1.807, 2.05) is 22.9 Å².